The summed E-state index contributed by atoms with van der Waals surface area (Å²) in [5.41, 5.74) is 12.6. The Bertz CT molecular complexity index is 2840. The van der Waals surface area contributed by atoms with Crippen LogP contribution in [-0.4, -0.2) is 32.2 Å². The molecular formula is C45H29Cl3N4O2. The molecule has 5 heterocycles. The van der Waals surface area contributed by atoms with Crippen molar-refractivity contribution in [2.45, 2.75) is 0 Å². The minimum Gasteiger partial charge on any atom is -0.504 e. The first kappa shape index (κ1) is 33.8. The van der Waals surface area contributed by atoms with Gasteiger partial charge < -0.3 is 19.8 Å². The van der Waals surface area contributed by atoms with E-state index in [-0.39, 0.29) is 5.75 Å². The highest BCUT2D eigenvalue weighted by Crippen LogP contribution is 2.42. The van der Waals surface area contributed by atoms with Gasteiger partial charge in [0.05, 0.1) is 29.9 Å². The van der Waals surface area contributed by atoms with Gasteiger partial charge in [0.1, 0.15) is 0 Å². The zero-order valence-corrected chi connectivity index (χ0v) is 30.9. The Kier molecular flexibility index (Phi) is 8.59. The Morgan fingerprint density at radius 2 is 0.852 bits per heavy atom. The van der Waals surface area contributed by atoms with Crippen molar-refractivity contribution in [2.24, 2.45) is 0 Å². The quantitative estimate of drug-likeness (QED) is 0.163. The van der Waals surface area contributed by atoms with Crippen LogP contribution in [0.25, 0.3) is 90.9 Å². The molecule has 4 aromatic carbocycles. The van der Waals surface area contributed by atoms with Crippen LogP contribution >= 0.6 is 34.8 Å². The molecule has 262 valence electrons. The number of hydrogen-bond donors (Lipinski definition) is 3. The molecule has 2 aliphatic heterocycles. The number of halogens is 3. The molecule has 0 spiro atoms. The molecular weight excluding hydrogens is 735 g/mol. The predicted octanol–water partition coefficient (Wildman–Crippen LogP) is 13.0. The van der Waals surface area contributed by atoms with Crippen LogP contribution in [0.3, 0.4) is 0 Å². The third-order valence-electron chi connectivity index (χ3n) is 9.65. The van der Waals surface area contributed by atoms with Crippen LogP contribution in [0.2, 0.25) is 15.1 Å². The van der Waals surface area contributed by atoms with E-state index in [1.54, 1.807) is 6.07 Å². The van der Waals surface area contributed by atoms with Crippen molar-refractivity contribution in [3.8, 4) is 56.0 Å². The van der Waals surface area contributed by atoms with Crippen LogP contribution in [0.4, 0.5) is 0 Å². The molecule has 0 saturated heterocycles. The molecule has 6 nitrogen and oxygen atoms in total. The number of phenolic OH excluding ortho intramolecular Hbond substituents is 1. The summed E-state index contributed by atoms with van der Waals surface area (Å²) in [6.07, 6.45) is 8.01. The van der Waals surface area contributed by atoms with E-state index in [0.29, 0.717) is 32.2 Å². The second-order valence-electron chi connectivity index (χ2n) is 12.8. The number of nitrogens with zero attached hydrogens (tertiary/aromatic N) is 2. The van der Waals surface area contributed by atoms with E-state index >= 15 is 0 Å². The van der Waals surface area contributed by atoms with Crippen molar-refractivity contribution in [1.29, 1.82) is 0 Å². The molecule has 8 bridgehead atoms. The van der Waals surface area contributed by atoms with E-state index in [4.69, 9.17) is 49.5 Å². The number of fused-ring (bicyclic) bond motifs is 8. The van der Waals surface area contributed by atoms with Gasteiger partial charge in [-0.25, -0.2) is 9.97 Å². The summed E-state index contributed by atoms with van der Waals surface area (Å²) < 4.78 is 5.54. The average Bonchev–Trinajstić information content (AvgIpc) is 4.02. The van der Waals surface area contributed by atoms with Gasteiger partial charge in [-0.2, -0.15) is 0 Å². The van der Waals surface area contributed by atoms with Crippen molar-refractivity contribution in [1.82, 2.24) is 19.9 Å². The van der Waals surface area contributed by atoms with Crippen LogP contribution in [-0.2, 0) is 0 Å². The number of nitrogens with one attached hydrogen (secondary N) is 2. The maximum absolute atomic E-state index is 10.6. The van der Waals surface area contributed by atoms with Crippen molar-refractivity contribution in [3.63, 3.8) is 0 Å². The Labute approximate surface area is 325 Å². The highest BCUT2D eigenvalue weighted by Gasteiger charge is 2.21. The molecule has 9 rings (SSSR count). The number of benzene rings is 4. The molecule has 0 atom stereocenters. The first-order valence-corrected chi connectivity index (χ1v) is 18.3. The van der Waals surface area contributed by atoms with Gasteiger partial charge in [-0.05, 0) is 84.5 Å². The molecule has 54 heavy (non-hydrogen) atoms. The fourth-order valence-electron chi connectivity index (χ4n) is 7.18. The minimum atomic E-state index is 0.0377. The minimum absolute atomic E-state index is 0.0377. The van der Waals surface area contributed by atoms with Gasteiger partial charge in [-0.15, -0.1) is 0 Å². The summed E-state index contributed by atoms with van der Waals surface area (Å²) in [5.74, 6) is 0.381. The molecule has 3 aromatic heterocycles. The average molecular weight is 764 g/mol. The maximum atomic E-state index is 10.6. The Morgan fingerprint density at radius 1 is 0.481 bits per heavy atom. The molecule has 7 aromatic rings. The predicted molar refractivity (Wildman–Crippen MR) is 224 cm³/mol. The lowest BCUT2D eigenvalue weighted by Crippen LogP contribution is -1.91. The number of phenols is 1. The standard InChI is InChI=1S/C45H29Cl3N4O2/c1-54-41-24-25(14-23-40(41)53)42-32-15-17-34(49-32)43(26-8-2-5-11-29(26)46)36-19-21-38(51-36)45(28-10-4-7-13-31(28)48)39-22-20-37(52-39)44(35-18-16-33(42)50-35)27-9-3-6-12-30(27)47/h2-24,49,52-53H,1H3. The number of hydrogen-bond acceptors (Lipinski definition) is 4. The number of aromatic hydroxyl groups is 1. The second kappa shape index (κ2) is 13.7. The van der Waals surface area contributed by atoms with Gasteiger partial charge in [-0.3, -0.25) is 0 Å². The summed E-state index contributed by atoms with van der Waals surface area (Å²) in [5, 5.41) is 12.3. The van der Waals surface area contributed by atoms with Gasteiger partial charge in [0.15, 0.2) is 11.5 Å². The normalized spacial score (nSPS) is 12.0. The highest BCUT2D eigenvalue weighted by atomic mass is 35.5. The van der Waals surface area contributed by atoms with Gasteiger partial charge in [0, 0.05) is 76.1 Å². The molecule has 3 N–H and O–H groups in total. The lowest BCUT2D eigenvalue weighted by atomic mass is 10.0. The number of methoxy groups -OCH3 is 1. The number of aromatic nitrogens is 4. The first-order valence-electron chi connectivity index (χ1n) is 17.2. The molecule has 9 heteroatoms. The molecule has 2 aliphatic rings. The SMILES string of the molecule is COc1cc(-c2c3nc(c(-c4ccccc4Cl)c4ccc([nH]4)c(-c4ccccc4Cl)c4nc(c(-c5ccccc5Cl)c5ccc2[nH]5)C=C4)C=C3)ccc1O. The van der Waals surface area contributed by atoms with Crippen molar-refractivity contribution in [3.05, 3.63) is 153 Å². The number of H-pyrrole nitrogens is 2. The molecule has 0 amide bonds. The fourth-order valence-corrected chi connectivity index (χ4v) is 7.87. The molecule has 0 aliphatic carbocycles. The van der Waals surface area contributed by atoms with Crippen molar-refractivity contribution < 1.29 is 9.84 Å². The number of ether oxygens (including phenoxy) is 1. The number of aromatic amines is 2. The topological polar surface area (TPSA) is 86.8 Å². The summed E-state index contributed by atoms with van der Waals surface area (Å²) in [6, 6.07) is 36.7. The number of rotatable bonds is 5. The Morgan fingerprint density at radius 3 is 1.24 bits per heavy atom. The van der Waals surface area contributed by atoms with Crippen molar-refractivity contribution in [2.75, 3.05) is 7.11 Å². The smallest absolute Gasteiger partial charge is 0.161 e. The third kappa shape index (κ3) is 5.85. The Balaban J connectivity index is 1.50. The van der Waals surface area contributed by atoms with E-state index in [9.17, 15) is 5.11 Å². The summed E-state index contributed by atoms with van der Waals surface area (Å²) >= 11 is 20.8. The fraction of sp³-hybridized carbons (Fsp3) is 0.0222. The Hall–Kier alpha value is -6.05. The highest BCUT2D eigenvalue weighted by molar-refractivity contribution is 6.34. The van der Waals surface area contributed by atoms with E-state index in [0.717, 1.165) is 78.0 Å². The van der Waals surface area contributed by atoms with E-state index < -0.39 is 0 Å². The van der Waals surface area contributed by atoms with Gasteiger partial charge in [-0.1, -0.05) is 95.5 Å². The third-order valence-corrected chi connectivity index (χ3v) is 10.6. The summed E-state index contributed by atoms with van der Waals surface area (Å²) in [4.78, 5) is 18.0. The van der Waals surface area contributed by atoms with Crippen LogP contribution < -0.4 is 4.74 Å². The molecule has 0 unspecified atom stereocenters. The summed E-state index contributed by atoms with van der Waals surface area (Å²) in [7, 11) is 1.53. The zero-order valence-electron chi connectivity index (χ0n) is 28.7. The molecule has 0 radical (unpaired) electrons. The van der Waals surface area contributed by atoms with E-state index in [1.807, 2.05) is 133 Å². The maximum Gasteiger partial charge on any atom is 0.161 e. The molecule has 0 saturated carbocycles. The van der Waals surface area contributed by atoms with Crippen LogP contribution in [0.1, 0.15) is 22.8 Å². The second-order valence-corrected chi connectivity index (χ2v) is 14.1. The van der Waals surface area contributed by atoms with Crippen LogP contribution in [0.5, 0.6) is 11.5 Å². The van der Waals surface area contributed by atoms with Crippen LogP contribution in [0, 0.1) is 0 Å². The van der Waals surface area contributed by atoms with E-state index in [2.05, 4.69) is 9.97 Å². The summed E-state index contributed by atoms with van der Waals surface area (Å²) in [6.45, 7) is 0. The van der Waals surface area contributed by atoms with Gasteiger partial charge in [0.25, 0.3) is 0 Å². The molecule has 0 fully saturated rings. The van der Waals surface area contributed by atoms with Crippen LogP contribution in [0.15, 0.2) is 115 Å². The zero-order chi connectivity index (χ0) is 36.9. The van der Waals surface area contributed by atoms with Crippen molar-refractivity contribution >= 4 is 81.2 Å². The lowest BCUT2D eigenvalue weighted by Gasteiger charge is -2.09. The monoisotopic (exact) mass is 762 g/mol. The lowest BCUT2D eigenvalue weighted by molar-refractivity contribution is 0.373. The largest absolute Gasteiger partial charge is 0.504 e. The first-order chi connectivity index (χ1) is 26.4. The van der Waals surface area contributed by atoms with E-state index in [1.165, 1.54) is 7.11 Å². The van der Waals surface area contributed by atoms with Gasteiger partial charge >= 0.3 is 0 Å². The van der Waals surface area contributed by atoms with Gasteiger partial charge in [0.2, 0.25) is 0 Å².